The summed E-state index contributed by atoms with van der Waals surface area (Å²) in [6.45, 7) is 3.68. The third-order valence-corrected chi connectivity index (χ3v) is 4.51. The molecule has 3 heteroatoms. The van der Waals surface area contributed by atoms with Crippen molar-refractivity contribution in [2.75, 3.05) is 0 Å². The van der Waals surface area contributed by atoms with Gasteiger partial charge in [0.05, 0.1) is 0 Å². The highest BCUT2D eigenvalue weighted by Gasteiger charge is 2.27. The molecule has 1 fully saturated rings. The highest BCUT2D eigenvalue weighted by atomic mass is 16.5. The summed E-state index contributed by atoms with van der Waals surface area (Å²) < 4.78 is 5.35. The molecule has 1 aliphatic carbocycles. The van der Waals surface area contributed by atoms with Gasteiger partial charge in [-0.25, -0.2) is 0 Å². The van der Waals surface area contributed by atoms with Crippen molar-refractivity contribution in [3.05, 3.63) is 24.3 Å². The fourth-order valence-electron chi connectivity index (χ4n) is 2.89. The van der Waals surface area contributed by atoms with Gasteiger partial charge in [-0.05, 0) is 37.7 Å². The summed E-state index contributed by atoms with van der Waals surface area (Å²) in [5, 5.41) is 0. The van der Waals surface area contributed by atoms with Crippen LogP contribution < -0.4 is 0 Å². The van der Waals surface area contributed by atoms with Gasteiger partial charge in [0.2, 0.25) is 0 Å². The van der Waals surface area contributed by atoms with Gasteiger partial charge in [0.25, 0.3) is 0 Å². The van der Waals surface area contributed by atoms with Crippen molar-refractivity contribution in [2.24, 2.45) is 11.8 Å². The summed E-state index contributed by atoms with van der Waals surface area (Å²) in [6.07, 6.45) is 19.3. The lowest BCUT2D eigenvalue weighted by Gasteiger charge is -2.29. The van der Waals surface area contributed by atoms with E-state index in [-0.39, 0.29) is 18.0 Å². The number of hydrogen-bond acceptors (Lipinski definition) is 3. The van der Waals surface area contributed by atoms with Crippen LogP contribution >= 0.6 is 0 Å². The number of allylic oxidation sites excluding steroid dienone is 3. The summed E-state index contributed by atoms with van der Waals surface area (Å²) in [5.41, 5.74) is 0. The lowest BCUT2D eigenvalue weighted by Crippen LogP contribution is -2.24. The Kier molecular flexibility index (Phi) is 10.3. The second-order valence-corrected chi connectivity index (χ2v) is 6.52. The predicted molar refractivity (Wildman–Crippen MR) is 94.1 cm³/mol. The van der Waals surface area contributed by atoms with Gasteiger partial charge >= 0.3 is 5.97 Å². The van der Waals surface area contributed by atoms with Crippen LogP contribution in [0.5, 0.6) is 0 Å². The molecular weight excluding hydrogens is 288 g/mol. The zero-order chi connectivity index (χ0) is 16.9. The molecular formula is C20H32O3. The van der Waals surface area contributed by atoms with E-state index in [1.807, 2.05) is 18.2 Å². The van der Waals surface area contributed by atoms with Gasteiger partial charge in [-0.3, -0.25) is 4.79 Å². The van der Waals surface area contributed by atoms with Crippen LogP contribution in [0.2, 0.25) is 0 Å². The van der Waals surface area contributed by atoms with E-state index in [0.29, 0.717) is 5.92 Å². The zero-order valence-corrected chi connectivity index (χ0v) is 14.7. The van der Waals surface area contributed by atoms with Crippen molar-refractivity contribution < 1.29 is 14.3 Å². The molecule has 1 saturated carbocycles. The second-order valence-electron chi connectivity index (χ2n) is 6.52. The van der Waals surface area contributed by atoms with Crippen molar-refractivity contribution in [3.8, 4) is 0 Å². The fraction of sp³-hybridized carbons (Fsp3) is 0.700. The Morgan fingerprint density at radius 3 is 2.39 bits per heavy atom. The molecule has 1 rings (SSSR count). The molecule has 0 radical (unpaired) electrons. The lowest BCUT2D eigenvalue weighted by atomic mass is 9.74. The third-order valence-electron chi connectivity index (χ3n) is 4.51. The first-order chi connectivity index (χ1) is 11.2. The number of carbonyl (C=O) groups excluding carboxylic acids is 2. The average molecular weight is 320 g/mol. The van der Waals surface area contributed by atoms with Crippen LogP contribution in [-0.2, 0) is 14.3 Å². The molecule has 1 unspecified atom stereocenters. The van der Waals surface area contributed by atoms with Gasteiger partial charge in [-0.15, -0.1) is 0 Å². The van der Waals surface area contributed by atoms with E-state index in [4.69, 9.17) is 4.74 Å². The molecule has 0 aromatic heterocycles. The van der Waals surface area contributed by atoms with Crippen molar-refractivity contribution in [2.45, 2.75) is 77.7 Å². The number of esters is 1. The zero-order valence-electron chi connectivity index (χ0n) is 14.7. The van der Waals surface area contributed by atoms with Crippen LogP contribution in [0.25, 0.3) is 0 Å². The maximum absolute atomic E-state index is 11.2. The van der Waals surface area contributed by atoms with E-state index in [2.05, 4.69) is 13.0 Å². The van der Waals surface area contributed by atoms with Crippen molar-refractivity contribution in [3.63, 3.8) is 0 Å². The van der Waals surface area contributed by atoms with E-state index in [1.54, 1.807) is 0 Å². The smallest absolute Gasteiger partial charge is 0.303 e. The van der Waals surface area contributed by atoms with E-state index in [9.17, 15) is 9.59 Å². The maximum Gasteiger partial charge on any atom is 0.303 e. The number of unbranched alkanes of at least 4 members (excludes halogenated alkanes) is 5. The molecule has 23 heavy (non-hydrogen) atoms. The minimum atomic E-state index is -0.227. The van der Waals surface area contributed by atoms with Crippen LogP contribution in [0, 0.1) is 11.8 Å². The van der Waals surface area contributed by atoms with Gasteiger partial charge in [0.15, 0.2) is 0 Å². The van der Waals surface area contributed by atoms with Crippen LogP contribution in [0.3, 0.4) is 0 Å². The summed E-state index contributed by atoms with van der Waals surface area (Å²) in [6, 6.07) is 0. The standard InChI is InChI=1S/C20H32O3/c1-3-4-5-6-7-8-12-20(23-17(2)22)13-10-9-11-18-14-15-19(18)16-21/h9-11,13,16,18-20H,3-8,12,14-15H2,1-2H3/t18-,19+,20?/m1/s1. The minimum absolute atomic E-state index is 0.133. The Morgan fingerprint density at radius 1 is 1.09 bits per heavy atom. The van der Waals surface area contributed by atoms with Crippen molar-refractivity contribution in [1.29, 1.82) is 0 Å². The number of rotatable bonds is 12. The predicted octanol–water partition coefficient (Wildman–Crippen LogP) is 5.01. The first-order valence-corrected chi connectivity index (χ1v) is 9.14. The number of ether oxygens (including phenoxy) is 1. The summed E-state index contributed by atoms with van der Waals surface area (Å²) in [5.74, 6) is 0.365. The van der Waals surface area contributed by atoms with Crippen molar-refractivity contribution in [1.82, 2.24) is 0 Å². The third kappa shape index (κ3) is 8.73. The SMILES string of the molecule is CCCCCCCCC(C=CC=C[C@@H]1CC[C@H]1C=O)OC(C)=O. The number of hydrogen-bond donors (Lipinski definition) is 0. The first-order valence-electron chi connectivity index (χ1n) is 9.14. The molecule has 0 N–H and O–H groups in total. The topological polar surface area (TPSA) is 43.4 Å². The van der Waals surface area contributed by atoms with Gasteiger partial charge in [0, 0.05) is 12.8 Å². The second kappa shape index (κ2) is 12.1. The molecule has 0 aromatic rings. The molecule has 0 saturated heterocycles. The van der Waals surface area contributed by atoms with Gasteiger partial charge in [-0.2, -0.15) is 0 Å². The Labute approximate surface area is 141 Å². The average Bonchev–Trinajstić information content (AvgIpc) is 2.49. The largest absolute Gasteiger partial charge is 0.458 e. The molecule has 0 aromatic carbocycles. The van der Waals surface area contributed by atoms with Crippen LogP contribution in [0.4, 0.5) is 0 Å². The maximum atomic E-state index is 11.2. The van der Waals surface area contributed by atoms with E-state index >= 15 is 0 Å². The van der Waals surface area contributed by atoms with Crippen LogP contribution in [-0.4, -0.2) is 18.4 Å². The molecule has 1 aliphatic rings. The van der Waals surface area contributed by atoms with Gasteiger partial charge < -0.3 is 9.53 Å². The minimum Gasteiger partial charge on any atom is -0.458 e. The molecule has 0 spiro atoms. The molecule has 0 amide bonds. The van der Waals surface area contributed by atoms with Gasteiger partial charge in [0.1, 0.15) is 12.4 Å². The van der Waals surface area contributed by atoms with Crippen molar-refractivity contribution >= 4 is 12.3 Å². The van der Waals surface area contributed by atoms with Gasteiger partial charge in [-0.1, -0.05) is 57.3 Å². The Hall–Kier alpha value is -1.38. The molecule has 0 aliphatic heterocycles. The molecule has 3 nitrogen and oxygen atoms in total. The Balaban J connectivity index is 2.29. The summed E-state index contributed by atoms with van der Waals surface area (Å²) in [7, 11) is 0. The Morgan fingerprint density at radius 2 is 1.78 bits per heavy atom. The fourth-order valence-corrected chi connectivity index (χ4v) is 2.89. The number of aldehydes is 1. The molecule has 130 valence electrons. The monoisotopic (exact) mass is 320 g/mol. The van der Waals surface area contributed by atoms with E-state index < -0.39 is 0 Å². The normalized spacial score (nSPS) is 22.2. The van der Waals surface area contributed by atoms with E-state index in [0.717, 1.165) is 32.0 Å². The highest BCUT2D eigenvalue weighted by Crippen LogP contribution is 2.33. The lowest BCUT2D eigenvalue weighted by molar-refractivity contribution is -0.144. The summed E-state index contributed by atoms with van der Waals surface area (Å²) in [4.78, 5) is 22.0. The Bertz CT molecular complexity index is 398. The van der Waals surface area contributed by atoms with E-state index in [1.165, 1.54) is 39.0 Å². The quantitative estimate of drug-likeness (QED) is 0.220. The highest BCUT2D eigenvalue weighted by molar-refractivity contribution is 5.66. The molecule has 0 heterocycles. The van der Waals surface area contributed by atoms with Crippen LogP contribution in [0.1, 0.15) is 71.6 Å². The molecule has 0 bridgehead atoms. The first kappa shape index (κ1) is 19.7. The molecule has 3 atom stereocenters. The number of carbonyl (C=O) groups is 2. The van der Waals surface area contributed by atoms with Crippen LogP contribution in [0.15, 0.2) is 24.3 Å². The summed E-state index contributed by atoms with van der Waals surface area (Å²) >= 11 is 0.